The lowest BCUT2D eigenvalue weighted by Crippen LogP contribution is -2.20. The van der Waals surface area contributed by atoms with Gasteiger partial charge in [-0.3, -0.25) is 14.9 Å². The number of imide groups is 1. The zero-order valence-corrected chi connectivity index (χ0v) is 12.6. The van der Waals surface area contributed by atoms with E-state index in [-0.39, 0.29) is 11.8 Å². The van der Waals surface area contributed by atoms with E-state index in [2.05, 4.69) is 9.88 Å². The van der Waals surface area contributed by atoms with Crippen LogP contribution in [0.4, 0.5) is 0 Å². The summed E-state index contributed by atoms with van der Waals surface area (Å²) in [6, 6.07) is 21.6. The Kier molecular flexibility index (Phi) is 2.48. The van der Waals surface area contributed by atoms with Crippen LogP contribution in [0.1, 0.15) is 20.7 Å². The second-order valence-corrected chi connectivity index (χ2v) is 5.86. The molecule has 0 bridgehead atoms. The molecule has 0 spiro atoms. The molecule has 0 radical (unpaired) electrons. The van der Waals surface area contributed by atoms with Gasteiger partial charge in [0.05, 0.1) is 22.2 Å². The van der Waals surface area contributed by atoms with Gasteiger partial charge in [0.25, 0.3) is 11.8 Å². The average Bonchev–Trinajstić information content (AvgIpc) is 3.10. The summed E-state index contributed by atoms with van der Waals surface area (Å²) in [5, 5.41) is 4.44. The van der Waals surface area contributed by atoms with Crippen LogP contribution in [0.25, 0.3) is 27.5 Å². The molecular formula is C20H12N2O2. The van der Waals surface area contributed by atoms with Crippen molar-refractivity contribution in [2.24, 2.45) is 0 Å². The van der Waals surface area contributed by atoms with Crippen molar-refractivity contribution in [3.05, 3.63) is 77.9 Å². The smallest absolute Gasteiger partial charge is 0.261 e. The SMILES string of the molecule is O=C1NC(=O)c2c1ccc1c3ccccc3n(-c3ccccc3)c21. The van der Waals surface area contributed by atoms with E-state index in [1.54, 1.807) is 6.07 Å². The first-order valence-electron chi connectivity index (χ1n) is 7.73. The van der Waals surface area contributed by atoms with E-state index >= 15 is 0 Å². The van der Waals surface area contributed by atoms with Crippen LogP contribution in [0.2, 0.25) is 0 Å². The number of carbonyl (C=O) groups is 2. The first-order chi connectivity index (χ1) is 11.8. The standard InChI is InChI=1S/C20H12N2O2/c23-19-15-11-10-14-13-8-4-5-9-16(13)22(12-6-2-1-3-7-12)18(14)17(15)20(24)21-19/h1-11H,(H,21,23,24). The normalized spacial score (nSPS) is 13.5. The molecule has 0 atom stereocenters. The van der Waals surface area contributed by atoms with Gasteiger partial charge >= 0.3 is 0 Å². The molecule has 0 saturated heterocycles. The van der Waals surface area contributed by atoms with Crippen molar-refractivity contribution in [1.82, 2.24) is 9.88 Å². The summed E-state index contributed by atoms with van der Waals surface area (Å²) < 4.78 is 2.06. The number of carbonyl (C=O) groups excluding carboxylic acids is 2. The molecule has 0 saturated carbocycles. The van der Waals surface area contributed by atoms with Crippen molar-refractivity contribution in [2.45, 2.75) is 0 Å². The van der Waals surface area contributed by atoms with Gasteiger partial charge in [-0.1, -0.05) is 42.5 Å². The molecule has 0 aliphatic carbocycles. The molecule has 1 N–H and O–H groups in total. The lowest BCUT2D eigenvalue weighted by atomic mass is 10.0. The van der Waals surface area contributed by atoms with Gasteiger partial charge in [-0.05, 0) is 24.3 Å². The molecule has 1 aliphatic rings. The largest absolute Gasteiger partial charge is 0.308 e. The number of aromatic nitrogens is 1. The quantitative estimate of drug-likeness (QED) is 0.545. The van der Waals surface area contributed by atoms with Crippen LogP contribution in [0.3, 0.4) is 0 Å². The highest BCUT2D eigenvalue weighted by atomic mass is 16.2. The van der Waals surface area contributed by atoms with Gasteiger partial charge in [0.1, 0.15) is 0 Å². The van der Waals surface area contributed by atoms with Crippen molar-refractivity contribution in [2.75, 3.05) is 0 Å². The first-order valence-corrected chi connectivity index (χ1v) is 7.73. The number of nitrogens with zero attached hydrogens (tertiary/aromatic N) is 1. The summed E-state index contributed by atoms with van der Waals surface area (Å²) in [7, 11) is 0. The third kappa shape index (κ3) is 1.57. The van der Waals surface area contributed by atoms with Crippen molar-refractivity contribution >= 4 is 33.6 Å². The Hall–Kier alpha value is -3.40. The van der Waals surface area contributed by atoms with E-state index in [4.69, 9.17) is 0 Å². The predicted molar refractivity (Wildman–Crippen MR) is 92.6 cm³/mol. The molecule has 1 aliphatic heterocycles. The van der Waals surface area contributed by atoms with Gasteiger partial charge < -0.3 is 4.57 Å². The molecule has 5 rings (SSSR count). The third-order valence-corrected chi connectivity index (χ3v) is 4.55. The fourth-order valence-electron chi connectivity index (χ4n) is 3.55. The van der Waals surface area contributed by atoms with Crippen molar-refractivity contribution < 1.29 is 9.59 Å². The topological polar surface area (TPSA) is 51.1 Å². The Morgan fingerprint density at radius 1 is 0.708 bits per heavy atom. The molecule has 0 fully saturated rings. The number of fused-ring (bicyclic) bond motifs is 5. The molecule has 3 aromatic carbocycles. The lowest BCUT2D eigenvalue weighted by Gasteiger charge is -2.09. The number of hydrogen-bond donors (Lipinski definition) is 1. The van der Waals surface area contributed by atoms with Crippen LogP contribution in [-0.4, -0.2) is 16.4 Å². The van der Waals surface area contributed by atoms with Crippen molar-refractivity contribution in [3.63, 3.8) is 0 Å². The Labute approximate surface area is 137 Å². The van der Waals surface area contributed by atoms with E-state index in [1.165, 1.54) is 0 Å². The molecule has 2 heterocycles. The van der Waals surface area contributed by atoms with E-state index in [0.29, 0.717) is 11.1 Å². The van der Waals surface area contributed by atoms with Crippen LogP contribution in [0.15, 0.2) is 66.7 Å². The van der Waals surface area contributed by atoms with E-state index in [9.17, 15) is 9.59 Å². The fourth-order valence-corrected chi connectivity index (χ4v) is 3.55. The summed E-state index contributed by atoms with van der Waals surface area (Å²) in [5.41, 5.74) is 3.65. The maximum absolute atomic E-state index is 12.4. The van der Waals surface area contributed by atoms with E-state index in [1.807, 2.05) is 60.7 Å². The summed E-state index contributed by atoms with van der Waals surface area (Å²) >= 11 is 0. The predicted octanol–water partition coefficient (Wildman–Crippen LogP) is 3.67. The minimum absolute atomic E-state index is 0.332. The monoisotopic (exact) mass is 312 g/mol. The van der Waals surface area contributed by atoms with Crippen LogP contribution < -0.4 is 5.32 Å². The Morgan fingerprint density at radius 3 is 2.29 bits per heavy atom. The van der Waals surface area contributed by atoms with E-state index in [0.717, 1.165) is 27.5 Å². The second-order valence-electron chi connectivity index (χ2n) is 5.86. The minimum atomic E-state index is -0.333. The molecular weight excluding hydrogens is 300 g/mol. The summed E-state index contributed by atoms with van der Waals surface area (Å²) in [4.78, 5) is 24.4. The molecule has 0 unspecified atom stereocenters. The summed E-state index contributed by atoms with van der Waals surface area (Å²) in [6.45, 7) is 0. The summed E-state index contributed by atoms with van der Waals surface area (Å²) in [6.07, 6.45) is 0. The maximum atomic E-state index is 12.4. The van der Waals surface area contributed by atoms with Gasteiger partial charge in [-0.25, -0.2) is 0 Å². The van der Waals surface area contributed by atoms with Crippen LogP contribution in [-0.2, 0) is 0 Å². The van der Waals surface area contributed by atoms with Crippen molar-refractivity contribution in [1.29, 1.82) is 0 Å². The molecule has 4 nitrogen and oxygen atoms in total. The highest BCUT2D eigenvalue weighted by Crippen LogP contribution is 2.36. The number of nitrogens with one attached hydrogen (secondary N) is 1. The highest BCUT2D eigenvalue weighted by Gasteiger charge is 2.31. The van der Waals surface area contributed by atoms with Crippen LogP contribution in [0.5, 0.6) is 0 Å². The molecule has 114 valence electrons. The fraction of sp³-hybridized carbons (Fsp3) is 0. The Bertz CT molecular complexity index is 1160. The molecule has 4 heteroatoms. The van der Waals surface area contributed by atoms with E-state index < -0.39 is 0 Å². The number of rotatable bonds is 1. The van der Waals surface area contributed by atoms with Crippen LogP contribution >= 0.6 is 0 Å². The van der Waals surface area contributed by atoms with Gasteiger partial charge in [0.2, 0.25) is 0 Å². The zero-order chi connectivity index (χ0) is 16.3. The first kappa shape index (κ1) is 13.1. The lowest BCUT2D eigenvalue weighted by molar-refractivity contribution is 0.0880. The average molecular weight is 312 g/mol. The minimum Gasteiger partial charge on any atom is -0.308 e. The Morgan fingerprint density at radius 2 is 1.46 bits per heavy atom. The molecule has 2 amide bonds. The van der Waals surface area contributed by atoms with Gasteiger partial charge in [-0.2, -0.15) is 0 Å². The molecule has 24 heavy (non-hydrogen) atoms. The molecule has 4 aromatic rings. The number of amides is 2. The third-order valence-electron chi connectivity index (χ3n) is 4.55. The summed E-state index contributed by atoms with van der Waals surface area (Å²) in [5.74, 6) is -0.664. The second kappa shape index (κ2) is 4.55. The number of hydrogen-bond acceptors (Lipinski definition) is 2. The molecule has 1 aromatic heterocycles. The van der Waals surface area contributed by atoms with Crippen molar-refractivity contribution in [3.8, 4) is 5.69 Å². The van der Waals surface area contributed by atoms with Gasteiger partial charge in [0.15, 0.2) is 0 Å². The maximum Gasteiger partial charge on any atom is 0.261 e. The zero-order valence-electron chi connectivity index (χ0n) is 12.6. The van der Waals surface area contributed by atoms with Crippen LogP contribution in [0, 0.1) is 0 Å². The number of benzene rings is 3. The Balaban J connectivity index is 2.06. The number of para-hydroxylation sites is 2. The van der Waals surface area contributed by atoms with Gasteiger partial charge in [0, 0.05) is 16.5 Å². The highest BCUT2D eigenvalue weighted by molar-refractivity contribution is 6.28. The van der Waals surface area contributed by atoms with Gasteiger partial charge in [-0.15, -0.1) is 0 Å².